The molecule has 0 aliphatic heterocycles. The third kappa shape index (κ3) is 4.63. The Hall–Kier alpha value is -1.43. The molecule has 108 valence electrons. The zero-order valence-electron chi connectivity index (χ0n) is 11.0. The zero-order valence-corrected chi connectivity index (χ0v) is 11.0. The fourth-order valence-electron chi connectivity index (χ4n) is 1.97. The standard InChI is InChI=1S/C13H18F3NO2/c1-18-11-4-3-9(7-12(11)19-2)10(5-6-17)8-13(14,15)16/h3-4,7,10H,5-6,8,17H2,1-2H3. The molecule has 19 heavy (non-hydrogen) atoms. The summed E-state index contributed by atoms with van der Waals surface area (Å²) < 4.78 is 47.8. The minimum Gasteiger partial charge on any atom is -0.493 e. The maximum absolute atomic E-state index is 12.5. The first-order chi connectivity index (χ1) is 8.91. The number of methoxy groups -OCH3 is 2. The van der Waals surface area contributed by atoms with Crippen molar-refractivity contribution in [3.05, 3.63) is 23.8 Å². The first kappa shape index (κ1) is 15.6. The largest absolute Gasteiger partial charge is 0.493 e. The molecule has 1 aromatic carbocycles. The quantitative estimate of drug-likeness (QED) is 0.869. The minimum atomic E-state index is -4.22. The van der Waals surface area contributed by atoms with Gasteiger partial charge in [0.15, 0.2) is 11.5 Å². The van der Waals surface area contributed by atoms with Gasteiger partial charge in [0.05, 0.1) is 20.6 Å². The van der Waals surface area contributed by atoms with Crippen LogP contribution < -0.4 is 15.2 Å². The predicted octanol–water partition coefficient (Wildman–Crippen LogP) is 3.09. The topological polar surface area (TPSA) is 44.5 Å². The normalized spacial score (nSPS) is 13.2. The van der Waals surface area contributed by atoms with E-state index in [-0.39, 0.29) is 13.0 Å². The fourth-order valence-corrected chi connectivity index (χ4v) is 1.97. The van der Waals surface area contributed by atoms with Crippen LogP contribution in [0.15, 0.2) is 18.2 Å². The molecule has 1 rings (SSSR count). The van der Waals surface area contributed by atoms with E-state index in [0.29, 0.717) is 17.1 Å². The van der Waals surface area contributed by atoms with Gasteiger partial charge in [-0.1, -0.05) is 6.07 Å². The summed E-state index contributed by atoms with van der Waals surface area (Å²) in [7, 11) is 2.92. The lowest BCUT2D eigenvalue weighted by molar-refractivity contribution is -0.139. The second kappa shape index (κ2) is 6.65. The van der Waals surface area contributed by atoms with Gasteiger partial charge in [0.2, 0.25) is 0 Å². The van der Waals surface area contributed by atoms with Crippen LogP contribution in [0.2, 0.25) is 0 Å². The molecule has 1 atom stereocenters. The molecule has 0 heterocycles. The highest BCUT2D eigenvalue weighted by atomic mass is 19.4. The molecule has 1 unspecified atom stereocenters. The van der Waals surface area contributed by atoms with Crippen LogP contribution in [0, 0.1) is 0 Å². The molecule has 0 bridgehead atoms. The average Bonchev–Trinajstić information content (AvgIpc) is 2.36. The summed E-state index contributed by atoms with van der Waals surface area (Å²) in [5.74, 6) is 0.249. The molecule has 0 fully saturated rings. The fraction of sp³-hybridized carbons (Fsp3) is 0.538. The lowest BCUT2D eigenvalue weighted by atomic mass is 9.92. The summed E-state index contributed by atoms with van der Waals surface area (Å²) in [6.07, 6.45) is -4.83. The molecule has 2 N–H and O–H groups in total. The maximum Gasteiger partial charge on any atom is 0.389 e. The number of nitrogens with two attached hydrogens (primary N) is 1. The van der Waals surface area contributed by atoms with E-state index in [1.807, 2.05) is 0 Å². The summed E-state index contributed by atoms with van der Waals surface area (Å²) in [5, 5.41) is 0. The molecule has 3 nitrogen and oxygen atoms in total. The number of hydrogen-bond acceptors (Lipinski definition) is 3. The van der Waals surface area contributed by atoms with E-state index in [1.165, 1.54) is 14.2 Å². The first-order valence-electron chi connectivity index (χ1n) is 5.90. The van der Waals surface area contributed by atoms with Crippen LogP contribution in [0.25, 0.3) is 0 Å². The summed E-state index contributed by atoms with van der Waals surface area (Å²) in [6, 6.07) is 4.80. The third-order valence-electron chi connectivity index (χ3n) is 2.87. The highest BCUT2D eigenvalue weighted by Gasteiger charge is 2.32. The number of benzene rings is 1. The van der Waals surface area contributed by atoms with Gasteiger partial charge in [0.25, 0.3) is 0 Å². The molecule has 0 saturated carbocycles. The van der Waals surface area contributed by atoms with E-state index in [1.54, 1.807) is 18.2 Å². The number of hydrogen-bond donors (Lipinski definition) is 1. The molecule has 0 amide bonds. The minimum absolute atomic E-state index is 0.203. The number of rotatable bonds is 6. The Morgan fingerprint density at radius 2 is 1.79 bits per heavy atom. The average molecular weight is 277 g/mol. The van der Waals surface area contributed by atoms with Gasteiger partial charge in [-0.05, 0) is 36.6 Å². The SMILES string of the molecule is COc1ccc(C(CCN)CC(F)(F)F)cc1OC. The first-order valence-corrected chi connectivity index (χ1v) is 5.90. The van der Waals surface area contributed by atoms with Gasteiger partial charge in [-0.25, -0.2) is 0 Å². The summed E-state index contributed by atoms with van der Waals surface area (Å²) >= 11 is 0. The van der Waals surface area contributed by atoms with Crippen molar-refractivity contribution in [3.63, 3.8) is 0 Å². The molecule has 0 aliphatic rings. The highest BCUT2D eigenvalue weighted by Crippen LogP contribution is 2.37. The number of halogens is 3. The second-order valence-corrected chi connectivity index (χ2v) is 4.21. The molecule has 0 aromatic heterocycles. The van der Waals surface area contributed by atoms with Crippen molar-refractivity contribution in [2.24, 2.45) is 5.73 Å². The van der Waals surface area contributed by atoms with E-state index >= 15 is 0 Å². The Labute approximate surface area is 110 Å². The predicted molar refractivity (Wildman–Crippen MR) is 66.6 cm³/mol. The van der Waals surface area contributed by atoms with Crippen LogP contribution in [0.3, 0.4) is 0 Å². The van der Waals surface area contributed by atoms with E-state index in [4.69, 9.17) is 15.2 Å². The van der Waals surface area contributed by atoms with Crippen LogP contribution >= 0.6 is 0 Å². The molecular formula is C13H18F3NO2. The van der Waals surface area contributed by atoms with Crippen molar-refractivity contribution in [1.82, 2.24) is 0 Å². The molecule has 0 radical (unpaired) electrons. The van der Waals surface area contributed by atoms with Crippen molar-refractivity contribution < 1.29 is 22.6 Å². The number of ether oxygens (including phenoxy) is 2. The lowest BCUT2D eigenvalue weighted by Crippen LogP contribution is -2.17. The smallest absolute Gasteiger partial charge is 0.389 e. The van der Waals surface area contributed by atoms with Crippen molar-refractivity contribution in [1.29, 1.82) is 0 Å². The molecule has 1 aromatic rings. The van der Waals surface area contributed by atoms with Crippen LogP contribution in [-0.4, -0.2) is 26.9 Å². The summed E-state index contributed by atoms with van der Waals surface area (Å²) in [5.41, 5.74) is 5.94. The van der Waals surface area contributed by atoms with Crippen LogP contribution in [0.1, 0.15) is 24.3 Å². The van der Waals surface area contributed by atoms with Crippen molar-refractivity contribution in [3.8, 4) is 11.5 Å². The van der Waals surface area contributed by atoms with Gasteiger partial charge in [-0.3, -0.25) is 0 Å². The highest BCUT2D eigenvalue weighted by molar-refractivity contribution is 5.44. The van der Waals surface area contributed by atoms with E-state index in [9.17, 15) is 13.2 Å². The van der Waals surface area contributed by atoms with Crippen LogP contribution in [0.4, 0.5) is 13.2 Å². The maximum atomic E-state index is 12.5. The third-order valence-corrected chi connectivity index (χ3v) is 2.87. The summed E-state index contributed by atoms with van der Waals surface area (Å²) in [4.78, 5) is 0. The van der Waals surface area contributed by atoms with Crippen LogP contribution in [0.5, 0.6) is 11.5 Å². The van der Waals surface area contributed by atoms with Gasteiger partial charge < -0.3 is 15.2 Å². The van der Waals surface area contributed by atoms with E-state index in [2.05, 4.69) is 0 Å². The monoisotopic (exact) mass is 277 g/mol. The van der Waals surface area contributed by atoms with Crippen molar-refractivity contribution in [2.75, 3.05) is 20.8 Å². The lowest BCUT2D eigenvalue weighted by Gasteiger charge is -2.19. The van der Waals surface area contributed by atoms with Crippen molar-refractivity contribution in [2.45, 2.75) is 24.9 Å². The van der Waals surface area contributed by atoms with Gasteiger partial charge in [0, 0.05) is 0 Å². The molecule has 0 aliphatic carbocycles. The van der Waals surface area contributed by atoms with E-state index in [0.717, 1.165) is 0 Å². The second-order valence-electron chi connectivity index (χ2n) is 4.21. The van der Waals surface area contributed by atoms with Gasteiger partial charge in [-0.15, -0.1) is 0 Å². The Morgan fingerprint density at radius 3 is 2.26 bits per heavy atom. The van der Waals surface area contributed by atoms with Gasteiger partial charge >= 0.3 is 6.18 Å². The Bertz CT molecular complexity index is 407. The molecule has 0 spiro atoms. The van der Waals surface area contributed by atoms with Gasteiger partial charge in [-0.2, -0.15) is 13.2 Å². The molecular weight excluding hydrogens is 259 g/mol. The Kier molecular flexibility index (Phi) is 5.47. The zero-order chi connectivity index (χ0) is 14.5. The number of alkyl halides is 3. The molecule has 0 saturated heterocycles. The Morgan fingerprint density at radius 1 is 1.16 bits per heavy atom. The van der Waals surface area contributed by atoms with E-state index < -0.39 is 18.5 Å². The van der Waals surface area contributed by atoms with Gasteiger partial charge in [0.1, 0.15) is 0 Å². The van der Waals surface area contributed by atoms with Crippen molar-refractivity contribution >= 4 is 0 Å². The Balaban J connectivity index is 3.02. The summed E-state index contributed by atoms with van der Waals surface area (Å²) in [6.45, 7) is 0.203. The molecule has 6 heteroatoms. The van der Waals surface area contributed by atoms with Crippen LogP contribution in [-0.2, 0) is 0 Å².